The number of hydrogen-bond donors (Lipinski definition) is 4. The van der Waals surface area contributed by atoms with Crippen molar-refractivity contribution in [2.45, 2.75) is 0 Å². The van der Waals surface area contributed by atoms with E-state index in [0.29, 0.717) is 0 Å². The van der Waals surface area contributed by atoms with Gasteiger partial charge in [-0.05, 0) is 12.1 Å². The fraction of sp³-hybridized carbons (Fsp3) is 0. The van der Waals surface area contributed by atoms with E-state index in [9.17, 15) is 19.2 Å². The fourth-order valence-electron chi connectivity index (χ4n) is 1.43. The molecule has 0 aliphatic rings. The van der Waals surface area contributed by atoms with Crippen molar-refractivity contribution in [2.24, 2.45) is 0 Å². The monoisotopic (exact) mass is 334 g/mol. The number of carboxylic acids is 4. The summed E-state index contributed by atoms with van der Waals surface area (Å²) in [4.78, 5) is 48.5. The fourth-order valence-corrected chi connectivity index (χ4v) is 1.43. The number of aromatic nitrogens is 2. The molecule has 0 unspecified atom stereocenters. The van der Waals surface area contributed by atoms with Gasteiger partial charge in [0.1, 0.15) is 0 Å². The van der Waals surface area contributed by atoms with E-state index < -0.39 is 23.9 Å². The van der Waals surface area contributed by atoms with Crippen molar-refractivity contribution in [1.82, 2.24) is 9.97 Å². The Kier molecular flexibility index (Phi) is 6.06. The zero-order valence-electron chi connectivity index (χ0n) is 11.8. The molecule has 0 spiro atoms. The highest BCUT2D eigenvalue weighted by molar-refractivity contribution is 6.01. The maximum absolute atomic E-state index is 10.4. The summed E-state index contributed by atoms with van der Waals surface area (Å²) >= 11 is 0. The number of pyridine rings is 2. The smallest absolute Gasteiger partial charge is 0.338 e. The summed E-state index contributed by atoms with van der Waals surface area (Å²) in [6.45, 7) is 0. The van der Waals surface area contributed by atoms with Gasteiger partial charge in [-0.25, -0.2) is 19.2 Å². The van der Waals surface area contributed by atoms with E-state index in [-0.39, 0.29) is 22.3 Å². The lowest BCUT2D eigenvalue weighted by Crippen LogP contribution is -2.07. The zero-order chi connectivity index (χ0) is 18.3. The van der Waals surface area contributed by atoms with Crippen LogP contribution >= 0.6 is 0 Å². The van der Waals surface area contributed by atoms with Crippen LogP contribution < -0.4 is 0 Å². The van der Waals surface area contributed by atoms with Crippen LogP contribution in [-0.4, -0.2) is 54.3 Å². The van der Waals surface area contributed by atoms with Crippen molar-refractivity contribution in [3.8, 4) is 0 Å². The molecule has 0 radical (unpaired) electrons. The minimum atomic E-state index is -1.29. The first kappa shape index (κ1) is 18.2. The van der Waals surface area contributed by atoms with Gasteiger partial charge < -0.3 is 20.4 Å². The Balaban J connectivity index is 0.000000240. The van der Waals surface area contributed by atoms with Gasteiger partial charge in [0.15, 0.2) is 0 Å². The summed E-state index contributed by atoms with van der Waals surface area (Å²) in [6.07, 6.45) is 4.42. The Bertz CT molecular complexity index is 741. The highest BCUT2D eigenvalue weighted by atomic mass is 16.4. The van der Waals surface area contributed by atoms with Crippen molar-refractivity contribution < 1.29 is 39.6 Å². The summed E-state index contributed by atoms with van der Waals surface area (Å²) in [5, 5.41) is 34.0. The molecule has 0 aliphatic heterocycles. The Morgan fingerprint density at radius 2 is 1.17 bits per heavy atom. The van der Waals surface area contributed by atoms with Crippen molar-refractivity contribution in [2.75, 3.05) is 0 Å². The first-order valence-corrected chi connectivity index (χ1v) is 6.06. The van der Waals surface area contributed by atoms with Gasteiger partial charge in [-0.1, -0.05) is 0 Å². The second kappa shape index (κ2) is 7.98. The summed E-state index contributed by atoms with van der Waals surface area (Å²) in [5.74, 6) is -4.94. The van der Waals surface area contributed by atoms with Gasteiger partial charge in [0.2, 0.25) is 0 Å². The lowest BCUT2D eigenvalue weighted by Gasteiger charge is -1.97. The zero-order valence-corrected chi connectivity index (χ0v) is 11.8. The molecule has 10 heteroatoms. The molecular weight excluding hydrogens is 324 g/mol. The van der Waals surface area contributed by atoms with Crippen LogP contribution in [0.1, 0.15) is 41.4 Å². The lowest BCUT2D eigenvalue weighted by molar-refractivity contribution is 0.0651. The second-order valence-electron chi connectivity index (χ2n) is 4.10. The molecule has 2 rings (SSSR count). The van der Waals surface area contributed by atoms with E-state index in [1.54, 1.807) is 0 Å². The van der Waals surface area contributed by atoms with Crippen LogP contribution in [-0.2, 0) is 0 Å². The van der Waals surface area contributed by atoms with Gasteiger partial charge in [-0.15, -0.1) is 0 Å². The van der Waals surface area contributed by atoms with Crippen LogP contribution in [0.15, 0.2) is 36.9 Å². The highest BCUT2D eigenvalue weighted by Gasteiger charge is 2.14. The minimum Gasteiger partial charge on any atom is -0.478 e. The van der Waals surface area contributed by atoms with Gasteiger partial charge in [0.25, 0.3) is 0 Å². The maximum Gasteiger partial charge on any atom is 0.338 e. The summed E-state index contributed by atoms with van der Waals surface area (Å²) in [6, 6.07) is 2.20. The normalized spacial score (nSPS) is 9.33. The van der Waals surface area contributed by atoms with Crippen LogP contribution in [0.2, 0.25) is 0 Å². The third-order valence-electron chi connectivity index (χ3n) is 2.51. The predicted octanol–water partition coefficient (Wildman–Crippen LogP) is 0.956. The standard InChI is InChI=1S/2C7H5NO4/c9-6(10)4-1-5(7(11)12)3-8-2-4;9-6(10)4-1-2-8-3-5(4)7(11)12/h2*1-3H,(H,9,10)(H,11,12). The first-order chi connectivity index (χ1) is 11.2. The average Bonchev–Trinajstić information content (AvgIpc) is 2.55. The minimum absolute atomic E-state index is 0.130. The Hall–Kier alpha value is -3.82. The molecule has 0 saturated heterocycles. The molecular formula is C14H10N2O8. The van der Waals surface area contributed by atoms with Gasteiger partial charge in [-0.2, -0.15) is 0 Å². The molecule has 0 fully saturated rings. The van der Waals surface area contributed by atoms with Gasteiger partial charge >= 0.3 is 23.9 Å². The van der Waals surface area contributed by atoms with E-state index in [4.69, 9.17) is 20.4 Å². The number of hydrogen-bond acceptors (Lipinski definition) is 6. The molecule has 24 heavy (non-hydrogen) atoms. The van der Waals surface area contributed by atoms with E-state index in [0.717, 1.165) is 30.7 Å². The molecule has 2 heterocycles. The number of rotatable bonds is 4. The molecule has 2 aromatic heterocycles. The van der Waals surface area contributed by atoms with E-state index in [1.165, 1.54) is 6.20 Å². The highest BCUT2D eigenvalue weighted by Crippen LogP contribution is 2.06. The number of carbonyl (C=O) groups is 4. The summed E-state index contributed by atoms with van der Waals surface area (Å²) in [5.41, 5.74) is -0.813. The SMILES string of the molecule is O=C(O)c1ccncc1C(=O)O.O=C(O)c1cncc(C(=O)O)c1. The average molecular weight is 334 g/mol. The third kappa shape index (κ3) is 4.87. The summed E-state index contributed by atoms with van der Waals surface area (Å²) < 4.78 is 0. The molecule has 0 aromatic carbocycles. The van der Waals surface area contributed by atoms with Crippen LogP contribution in [0, 0.1) is 0 Å². The molecule has 10 nitrogen and oxygen atoms in total. The van der Waals surface area contributed by atoms with Crippen molar-refractivity contribution >= 4 is 23.9 Å². The molecule has 2 aromatic rings. The van der Waals surface area contributed by atoms with Gasteiger partial charge in [-0.3, -0.25) is 9.97 Å². The van der Waals surface area contributed by atoms with Crippen LogP contribution in [0.25, 0.3) is 0 Å². The Morgan fingerprint density at radius 3 is 1.54 bits per heavy atom. The van der Waals surface area contributed by atoms with Gasteiger partial charge in [0, 0.05) is 24.8 Å². The topological polar surface area (TPSA) is 175 Å². The third-order valence-corrected chi connectivity index (χ3v) is 2.51. The van der Waals surface area contributed by atoms with Crippen molar-refractivity contribution in [3.63, 3.8) is 0 Å². The number of aromatic carboxylic acids is 4. The molecule has 0 atom stereocenters. The predicted molar refractivity (Wildman–Crippen MR) is 76.3 cm³/mol. The quantitative estimate of drug-likeness (QED) is 0.629. The first-order valence-electron chi connectivity index (χ1n) is 6.06. The molecule has 0 bridgehead atoms. The summed E-state index contributed by atoms with van der Waals surface area (Å²) in [7, 11) is 0. The Labute approximate surface area is 133 Å². The van der Waals surface area contributed by atoms with E-state index in [2.05, 4.69) is 9.97 Å². The number of carboxylic acid groups (broad SMARTS) is 4. The second-order valence-corrected chi connectivity index (χ2v) is 4.10. The molecule has 0 amide bonds. The molecule has 124 valence electrons. The van der Waals surface area contributed by atoms with Gasteiger partial charge in [0.05, 0.1) is 22.3 Å². The Morgan fingerprint density at radius 1 is 0.667 bits per heavy atom. The van der Waals surface area contributed by atoms with Crippen LogP contribution in [0.4, 0.5) is 0 Å². The lowest BCUT2D eigenvalue weighted by atomic mass is 10.1. The molecule has 4 N–H and O–H groups in total. The van der Waals surface area contributed by atoms with Crippen molar-refractivity contribution in [1.29, 1.82) is 0 Å². The van der Waals surface area contributed by atoms with Crippen LogP contribution in [0.5, 0.6) is 0 Å². The van der Waals surface area contributed by atoms with E-state index >= 15 is 0 Å². The molecule has 0 aliphatic carbocycles. The van der Waals surface area contributed by atoms with E-state index in [1.807, 2.05) is 0 Å². The molecule has 0 saturated carbocycles. The van der Waals surface area contributed by atoms with Crippen molar-refractivity contribution in [3.05, 3.63) is 59.2 Å². The maximum atomic E-state index is 10.4. The largest absolute Gasteiger partial charge is 0.478 e. The number of nitrogens with zero attached hydrogens (tertiary/aromatic N) is 2. The van der Waals surface area contributed by atoms with Crippen LogP contribution in [0.3, 0.4) is 0 Å².